The minimum absolute atomic E-state index is 0.0799. The smallest absolute Gasteiger partial charge is 0.272 e. The molecule has 0 atom stereocenters. The molecule has 1 saturated carbocycles. The highest BCUT2D eigenvalue weighted by Gasteiger charge is 2.32. The molecule has 1 fully saturated rings. The number of aromatic nitrogens is 3. The van der Waals surface area contributed by atoms with Gasteiger partial charge in [-0.3, -0.25) is 19.3 Å². The Morgan fingerprint density at radius 3 is 2.74 bits per heavy atom. The first-order valence-electron chi connectivity index (χ1n) is 12.3. The highest BCUT2D eigenvalue weighted by molar-refractivity contribution is 5.94. The van der Waals surface area contributed by atoms with Crippen molar-refractivity contribution in [3.8, 4) is 5.75 Å². The monoisotopic (exact) mass is 473 g/mol. The predicted octanol–water partition coefficient (Wildman–Crippen LogP) is 3.14. The average molecular weight is 474 g/mol. The van der Waals surface area contributed by atoms with Crippen molar-refractivity contribution in [3.05, 3.63) is 76.9 Å². The fourth-order valence-electron chi connectivity index (χ4n) is 4.65. The van der Waals surface area contributed by atoms with Crippen LogP contribution in [0.5, 0.6) is 5.75 Å². The number of ether oxygens (including phenoxy) is 1. The largest absolute Gasteiger partial charge is 0.496 e. The Bertz CT molecular complexity index is 1200. The molecule has 2 aromatic heterocycles. The van der Waals surface area contributed by atoms with Crippen LogP contribution >= 0.6 is 0 Å². The molecule has 3 heterocycles. The Hall–Kier alpha value is -3.68. The van der Waals surface area contributed by atoms with Crippen molar-refractivity contribution in [3.63, 3.8) is 0 Å². The first-order valence-corrected chi connectivity index (χ1v) is 12.3. The number of carbonyl (C=O) groups excluding carboxylic acids is 2. The molecule has 3 aromatic rings. The molecule has 182 valence electrons. The molecular weight excluding hydrogens is 442 g/mol. The number of aryl methyl sites for hydroxylation is 1. The van der Waals surface area contributed by atoms with Crippen molar-refractivity contribution < 1.29 is 14.3 Å². The minimum atomic E-state index is -0.218. The molecule has 1 N–H and O–H groups in total. The molecule has 8 heteroatoms. The number of amides is 2. The van der Waals surface area contributed by atoms with Gasteiger partial charge in [0, 0.05) is 49.9 Å². The van der Waals surface area contributed by atoms with Crippen LogP contribution in [-0.2, 0) is 37.3 Å². The number of fused-ring (bicyclic) bond motifs is 1. The first kappa shape index (κ1) is 23.1. The molecule has 8 nitrogen and oxygen atoms in total. The molecule has 0 spiro atoms. The van der Waals surface area contributed by atoms with Gasteiger partial charge in [-0.15, -0.1) is 0 Å². The summed E-state index contributed by atoms with van der Waals surface area (Å²) in [6.45, 7) is 2.24. The van der Waals surface area contributed by atoms with E-state index in [-0.39, 0.29) is 11.8 Å². The standard InChI is InChI=1S/C27H31N5O3/c1-35-24-8-3-2-6-20(24)11-12-25(33)31-15-13-23-22(18-31)26(30-32(23)17-19-9-10-19)27(34)29-16-21-7-4-5-14-28-21/h2-8,14,19H,9-13,15-18H2,1H3,(H,29,34). The second kappa shape index (κ2) is 10.3. The summed E-state index contributed by atoms with van der Waals surface area (Å²) in [5.74, 6) is 1.31. The molecule has 0 radical (unpaired) electrons. The lowest BCUT2D eigenvalue weighted by atomic mass is 10.0. The van der Waals surface area contributed by atoms with E-state index in [0.29, 0.717) is 50.5 Å². The summed E-state index contributed by atoms with van der Waals surface area (Å²) in [5, 5.41) is 7.68. The quantitative estimate of drug-likeness (QED) is 0.516. The van der Waals surface area contributed by atoms with Crippen LogP contribution in [0, 0.1) is 5.92 Å². The van der Waals surface area contributed by atoms with E-state index in [4.69, 9.17) is 9.84 Å². The number of rotatable bonds is 9. The number of carbonyl (C=O) groups is 2. The maximum Gasteiger partial charge on any atom is 0.272 e. The number of nitrogens with one attached hydrogen (secondary N) is 1. The molecule has 1 aliphatic carbocycles. The van der Waals surface area contributed by atoms with Crippen LogP contribution in [0.1, 0.15) is 52.3 Å². The van der Waals surface area contributed by atoms with Crippen LogP contribution in [0.4, 0.5) is 0 Å². The van der Waals surface area contributed by atoms with E-state index in [1.54, 1.807) is 13.3 Å². The Kier molecular flexibility index (Phi) is 6.79. The van der Waals surface area contributed by atoms with E-state index < -0.39 is 0 Å². The summed E-state index contributed by atoms with van der Waals surface area (Å²) in [6, 6.07) is 13.4. The zero-order valence-electron chi connectivity index (χ0n) is 20.1. The van der Waals surface area contributed by atoms with E-state index >= 15 is 0 Å². The van der Waals surface area contributed by atoms with Gasteiger partial charge in [0.15, 0.2) is 5.69 Å². The van der Waals surface area contributed by atoms with Crippen molar-refractivity contribution in [2.75, 3.05) is 13.7 Å². The number of nitrogens with zero attached hydrogens (tertiary/aromatic N) is 4. The van der Waals surface area contributed by atoms with Gasteiger partial charge in [0.1, 0.15) is 5.75 Å². The van der Waals surface area contributed by atoms with Crippen LogP contribution in [0.2, 0.25) is 0 Å². The summed E-state index contributed by atoms with van der Waals surface area (Å²) in [4.78, 5) is 32.4. The summed E-state index contributed by atoms with van der Waals surface area (Å²) in [7, 11) is 1.65. The lowest BCUT2D eigenvalue weighted by Crippen LogP contribution is -2.37. The van der Waals surface area contributed by atoms with Crippen molar-refractivity contribution >= 4 is 11.8 Å². The number of hydrogen-bond donors (Lipinski definition) is 1. The molecule has 35 heavy (non-hydrogen) atoms. The Morgan fingerprint density at radius 2 is 1.97 bits per heavy atom. The third-order valence-electron chi connectivity index (χ3n) is 6.79. The fourth-order valence-corrected chi connectivity index (χ4v) is 4.65. The number of methoxy groups -OCH3 is 1. The Labute approximate surface area is 205 Å². The average Bonchev–Trinajstić information content (AvgIpc) is 3.65. The van der Waals surface area contributed by atoms with Gasteiger partial charge < -0.3 is 15.0 Å². The van der Waals surface area contributed by atoms with E-state index in [1.807, 2.05) is 52.0 Å². The maximum absolute atomic E-state index is 13.1. The molecule has 2 aliphatic rings. The van der Waals surface area contributed by atoms with Crippen LogP contribution in [0.3, 0.4) is 0 Å². The number of hydrogen-bond acceptors (Lipinski definition) is 5. The van der Waals surface area contributed by atoms with Gasteiger partial charge in [-0.25, -0.2) is 0 Å². The van der Waals surface area contributed by atoms with Crippen molar-refractivity contribution in [2.24, 2.45) is 5.92 Å². The highest BCUT2D eigenvalue weighted by Crippen LogP contribution is 2.33. The number of pyridine rings is 1. The predicted molar refractivity (Wildman–Crippen MR) is 131 cm³/mol. The molecule has 2 amide bonds. The molecular formula is C27H31N5O3. The lowest BCUT2D eigenvalue weighted by molar-refractivity contribution is -0.132. The first-order chi connectivity index (χ1) is 17.1. The van der Waals surface area contributed by atoms with Crippen LogP contribution < -0.4 is 10.1 Å². The SMILES string of the molecule is COc1ccccc1CCC(=O)N1CCc2c(c(C(=O)NCc3ccccn3)nn2CC2CC2)C1. The zero-order chi connectivity index (χ0) is 24.2. The molecule has 0 saturated heterocycles. The van der Waals surface area contributed by atoms with Gasteiger partial charge in [0.25, 0.3) is 5.91 Å². The molecule has 0 bridgehead atoms. The van der Waals surface area contributed by atoms with E-state index in [0.717, 1.165) is 34.8 Å². The zero-order valence-corrected chi connectivity index (χ0v) is 20.1. The second-order valence-corrected chi connectivity index (χ2v) is 9.28. The number of benzene rings is 1. The van der Waals surface area contributed by atoms with Crippen LogP contribution in [-0.4, -0.2) is 45.1 Å². The molecule has 5 rings (SSSR count). The van der Waals surface area contributed by atoms with Crippen molar-refractivity contribution in [2.45, 2.75) is 51.7 Å². The fraction of sp³-hybridized carbons (Fsp3) is 0.407. The molecule has 0 unspecified atom stereocenters. The van der Waals surface area contributed by atoms with Crippen LogP contribution in [0.15, 0.2) is 48.7 Å². The summed E-state index contributed by atoms with van der Waals surface area (Å²) in [6.07, 6.45) is 5.86. The maximum atomic E-state index is 13.1. The minimum Gasteiger partial charge on any atom is -0.496 e. The summed E-state index contributed by atoms with van der Waals surface area (Å²) < 4.78 is 7.43. The van der Waals surface area contributed by atoms with E-state index in [1.165, 1.54) is 12.8 Å². The van der Waals surface area contributed by atoms with Gasteiger partial charge in [-0.1, -0.05) is 24.3 Å². The van der Waals surface area contributed by atoms with Crippen molar-refractivity contribution in [1.82, 2.24) is 25.0 Å². The lowest BCUT2D eigenvalue weighted by Gasteiger charge is -2.28. The van der Waals surface area contributed by atoms with Gasteiger partial charge >= 0.3 is 0 Å². The van der Waals surface area contributed by atoms with Crippen molar-refractivity contribution in [1.29, 1.82) is 0 Å². The highest BCUT2D eigenvalue weighted by atomic mass is 16.5. The Morgan fingerprint density at radius 1 is 1.14 bits per heavy atom. The Balaban J connectivity index is 1.30. The van der Waals surface area contributed by atoms with E-state index in [2.05, 4.69) is 10.3 Å². The van der Waals surface area contributed by atoms with Gasteiger partial charge in [-0.2, -0.15) is 5.10 Å². The topological polar surface area (TPSA) is 89.3 Å². The molecule has 1 aliphatic heterocycles. The van der Waals surface area contributed by atoms with Crippen LogP contribution in [0.25, 0.3) is 0 Å². The summed E-state index contributed by atoms with van der Waals surface area (Å²) in [5.41, 5.74) is 4.21. The number of para-hydroxylation sites is 1. The normalized spacial score (nSPS) is 14.9. The summed E-state index contributed by atoms with van der Waals surface area (Å²) >= 11 is 0. The van der Waals surface area contributed by atoms with E-state index in [9.17, 15) is 9.59 Å². The van der Waals surface area contributed by atoms with Gasteiger partial charge in [0.2, 0.25) is 5.91 Å². The third kappa shape index (κ3) is 5.37. The molecule has 1 aromatic carbocycles. The van der Waals surface area contributed by atoms with Gasteiger partial charge in [-0.05, 0) is 48.9 Å². The van der Waals surface area contributed by atoms with Gasteiger partial charge in [0.05, 0.1) is 19.3 Å². The second-order valence-electron chi connectivity index (χ2n) is 9.28. The third-order valence-corrected chi connectivity index (χ3v) is 6.79.